The van der Waals surface area contributed by atoms with Gasteiger partial charge in [-0.25, -0.2) is 4.98 Å². The monoisotopic (exact) mass is 440 g/mol. The summed E-state index contributed by atoms with van der Waals surface area (Å²) < 4.78 is 6.26. The molecule has 1 aromatic heterocycles. The number of benzene rings is 1. The molecule has 166 valence electrons. The molecule has 3 atom stereocenters. The molecule has 0 radical (unpaired) electrons. The lowest BCUT2D eigenvalue weighted by molar-refractivity contribution is -0.145. The molecule has 2 heterocycles. The van der Waals surface area contributed by atoms with Crippen LogP contribution in [0, 0.1) is 6.92 Å². The molecule has 5 heteroatoms. The highest BCUT2D eigenvalue weighted by Gasteiger charge is 2.45. The van der Waals surface area contributed by atoms with Gasteiger partial charge >= 0.3 is 0 Å². The second kappa shape index (κ2) is 10.1. The van der Waals surface area contributed by atoms with E-state index < -0.39 is 11.7 Å². The molecule has 1 aliphatic carbocycles. The van der Waals surface area contributed by atoms with Gasteiger partial charge in [-0.2, -0.15) is 0 Å². The lowest BCUT2D eigenvalue weighted by atomic mass is 9.83. The first-order valence-electron chi connectivity index (χ1n) is 11.1. The predicted octanol–water partition coefficient (Wildman–Crippen LogP) is 5.22. The number of ether oxygens (including phenoxy) is 1. The average molecular weight is 441 g/mol. The average Bonchev–Trinajstić information content (AvgIpc) is 2.92. The summed E-state index contributed by atoms with van der Waals surface area (Å²) in [5.41, 5.74) is 4.49. The minimum atomic E-state index is -0.684. The summed E-state index contributed by atoms with van der Waals surface area (Å²) in [6.45, 7) is 10.7. The third-order valence-electron chi connectivity index (χ3n) is 5.77. The van der Waals surface area contributed by atoms with Crippen LogP contribution in [0.25, 0.3) is 12.2 Å². The zero-order chi connectivity index (χ0) is 22.6. The second-order valence-electron chi connectivity index (χ2n) is 8.32. The van der Waals surface area contributed by atoms with Gasteiger partial charge in [0, 0.05) is 5.56 Å². The van der Waals surface area contributed by atoms with Gasteiger partial charge < -0.3 is 15.2 Å². The largest absolute Gasteiger partial charge is 0.388 e. The fraction of sp³-hybridized carbons (Fsp3) is 0.423. The number of rotatable bonds is 4. The lowest BCUT2D eigenvalue weighted by Crippen LogP contribution is -2.60. The van der Waals surface area contributed by atoms with E-state index in [9.17, 15) is 5.11 Å². The van der Waals surface area contributed by atoms with Crippen LogP contribution in [0.4, 0.5) is 0 Å². The van der Waals surface area contributed by atoms with Gasteiger partial charge in [-0.3, -0.25) is 0 Å². The molecule has 0 bridgehead atoms. The maximum atomic E-state index is 11.1. The molecular formula is C26H33ClN2O2. The van der Waals surface area contributed by atoms with Crippen LogP contribution in [0.5, 0.6) is 0 Å². The summed E-state index contributed by atoms with van der Waals surface area (Å²) in [7, 11) is 0. The van der Waals surface area contributed by atoms with E-state index in [1.54, 1.807) is 0 Å². The van der Waals surface area contributed by atoms with Crippen molar-refractivity contribution in [3.8, 4) is 0 Å². The Kier molecular flexibility index (Phi) is 7.71. The fourth-order valence-corrected chi connectivity index (χ4v) is 4.38. The van der Waals surface area contributed by atoms with Crippen molar-refractivity contribution >= 4 is 23.8 Å². The van der Waals surface area contributed by atoms with Crippen LogP contribution in [-0.4, -0.2) is 40.5 Å². The van der Waals surface area contributed by atoms with Crippen molar-refractivity contribution in [2.24, 2.45) is 0 Å². The maximum absolute atomic E-state index is 11.1. The van der Waals surface area contributed by atoms with Crippen molar-refractivity contribution in [1.82, 2.24) is 10.3 Å². The normalized spacial score (nSPS) is 23.6. The number of hydrogen-bond donors (Lipinski definition) is 2. The Morgan fingerprint density at radius 2 is 1.90 bits per heavy atom. The predicted molar refractivity (Wildman–Crippen MR) is 129 cm³/mol. The van der Waals surface area contributed by atoms with Gasteiger partial charge in [-0.1, -0.05) is 67.9 Å². The zero-order valence-electron chi connectivity index (χ0n) is 19.0. The van der Waals surface area contributed by atoms with Gasteiger partial charge in [0.05, 0.1) is 23.4 Å². The molecule has 1 saturated heterocycles. The summed E-state index contributed by atoms with van der Waals surface area (Å²) in [6, 6.07) is 12.0. The van der Waals surface area contributed by atoms with Crippen LogP contribution < -0.4 is 5.32 Å². The first-order valence-corrected chi connectivity index (χ1v) is 11.4. The van der Waals surface area contributed by atoms with Crippen molar-refractivity contribution in [2.75, 3.05) is 6.54 Å². The number of halogens is 1. The summed E-state index contributed by atoms with van der Waals surface area (Å²) in [4.78, 5) is 4.52. The Balaban J connectivity index is 0.00000132. The molecular weight excluding hydrogens is 408 g/mol. The van der Waals surface area contributed by atoms with Crippen molar-refractivity contribution in [1.29, 1.82) is 0 Å². The van der Waals surface area contributed by atoms with Gasteiger partial charge in [0.25, 0.3) is 0 Å². The van der Waals surface area contributed by atoms with E-state index in [0.29, 0.717) is 5.15 Å². The molecule has 4 rings (SSSR count). The number of aromatic nitrogens is 1. The van der Waals surface area contributed by atoms with Gasteiger partial charge in [0.2, 0.25) is 0 Å². The van der Waals surface area contributed by atoms with E-state index >= 15 is 0 Å². The molecule has 0 spiro atoms. The van der Waals surface area contributed by atoms with Crippen LogP contribution in [-0.2, 0) is 11.2 Å². The number of nitrogens with one attached hydrogen (secondary N) is 1. The Morgan fingerprint density at radius 3 is 2.61 bits per heavy atom. The second-order valence-corrected chi connectivity index (χ2v) is 8.71. The number of pyridine rings is 1. The zero-order valence-corrected chi connectivity index (χ0v) is 19.8. The minimum Gasteiger partial charge on any atom is -0.388 e. The van der Waals surface area contributed by atoms with E-state index in [0.717, 1.165) is 35.4 Å². The third kappa shape index (κ3) is 5.27. The summed E-state index contributed by atoms with van der Waals surface area (Å²) in [6.07, 6.45) is 6.11. The highest BCUT2D eigenvalue weighted by atomic mass is 35.5. The molecule has 31 heavy (non-hydrogen) atoms. The lowest BCUT2D eigenvalue weighted by Gasteiger charge is -2.46. The SMILES string of the molecule is CC.Cc1cc(Cl)nc2c1C=CC1OC(C)(C)C(O)C(NCCc3ccccc3)C1=C2. The molecule has 0 saturated carbocycles. The number of aryl methyl sites for hydroxylation is 1. The summed E-state index contributed by atoms with van der Waals surface area (Å²) >= 11 is 6.21. The summed E-state index contributed by atoms with van der Waals surface area (Å²) in [5, 5.41) is 15.1. The Morgan fingerprint density at radius 1 is 1.19 bits per heavy atom. The number of aliphatic hydroxyl groups is 1. The first-order chi connectivity index (χ1) is 14.8. The van der Waals surface area contributed by atoms with Gasteiger partial charge in [0.1, 0.15) is 11.3 Å². The number of aliphatic hydroxyl groups excluding tert-OH is 1. The first kappa shape index (κ1) is 23.7. The topological polar surface area (TPSA) is 54.4 Å². The van der Waals surface area contributed by atoms with Crippen molar-refractivity contribution in [3.63, 3.8) is 0 Å². The van der Waals surface area contributed by atoms with E-state index in [2.05, 4.69) is 34.6 Å². The number of nitrogens with zero attached hydrogens (tertiary/aromatic N) is 1. The quantitative estimate of drug-likeness (QED) is 0.640. The van der Waals surface area contributed by atoms with Crippen LogP contribution in [0.1, 0.15) is 50.1 Å². The smallest absolute Gasteiger partial charge is 0.130 e. The minimum absolute atomic E-state index is 0.227. The Labute approximate surface area is 191 Å². The van der Waals surface area contributed by atoms with Crippen molar-refractivity contribution in [2.45, 2.75) is 64.9 Å². The molecule has 2 N–H and O–H groups in total. The Bertz CT molecular complexity index is 953. The summed E-state index contributed by atoms with van der Waals surface area (Å²) in [5.74, 6) is 0. The molecule has 0 amide bonds. The molecule has 1 aromatic carbocycles. The maximum Gasteiger partial charge on any atom is 0.130 e. The highest BCUT2D eigenvalue weighted by Crippen LogP contribution is 2.37. The molecule has 2 aromatic rings. The van der Waals surface area contributed by atoms with Gasteiger partial charge in [-0.05, 0) is 62.6 Å². The van der Waals surface area contributed by atoms with Gasteiger partial charge in [-0.15, -0.1) is 0 Å². The van der Waals surface area contributed by atoms with Crippen molar-refractivity contribution in [3.05, 3.63) is 75.6 Å². The number of fused-ring (bicyclic) bond motifs is 2. The van der Waals surface area contributed by atoms with E-state index in [1.807, 2.05) is 65.0 Å². The highest BCUT2D eigenvalue weighted by molar-refractivity contribution is 6.29. The molecule has 1 fully saturated rings. The third-order valence-corrected chi connectivity index (χ3v) is 5.97. The molecule has 3 unspecified atom stereocenters. The van der Waals surface area contributed by atoms with E-state index in [-0.39, 0.29) is 12.1 Å². The van der Waals surface area contributed by atoms with E-state index in [1.165, 1.54) is 5.56 Å². The van der Waals surface area contributed by atoms with Crippen LogP contribution in [0.2, 0.25) is 5.15 Å². The molecule has 4 nitrogen and oxygen atoms in total. The van der Waals surface area contributed by atoms with Crippen LogP contribution in [0.15, 0.2) is 48.0 Å². The van der Waals surface area contributed by atoms with E-state index in [4.69, 9.17) is 16.3 Å². The fourth-order valence-electron chi connectivity index (χ4n) is 4.13. The Hall–Kier alpha value is -1.98. The van der Waals surface area contributed by atoms with Crippen LogP contribution >= 0.6 is 11.6 Å². The standard InChI is InChI=1S/C24H27ClN2O2.C2H6/c1-15-13-21(25)27-19-14-18-20(10-9-17(15)19)29-24(2,3)23(28)22(18)26-12-11-16-7-5-4-6-8-16;1-2/h4-10,13-14,20,22-23,26,28H,11-12H2,1-3H3;1-2H3. The van der Waals surface area contributed by atoms with Crippen LogP contribution in [0.3, 0.4) is 0 Å². The molecule has 1 aliphatic heterocycles. The van der Waals surface area contributed by atoms with Crippen molar-refractivity contribution < 1.29 is 9.84 Å². The van der Waals surface area contributed by atoms with Gasteiger partial charge in [0.15, 0.2) is 0 Å². The molecule has 2 aliphatic rings. The number of hydrogen-bond acceptors (Lipinski definition) is 4.